The van der Waals surface area contributed by atoms with Crippen LogP contribution in [0, 0.1) is 0 Å². The molecular weight excluding hydrogens is 436 g/mol. The van der Waals surface area contributed by atoms with Crippen molar-refractivity contribution in [2.45, 2.75) is 64.0 Å². The number of hydrogen-bond donors (Lipinski definition) is 0. The number of carbonyl (C=O) groups is 1. The van der Waals surface area contributed by atoms with Gasteiger partial charge in [-0.1, -0.05) is 61.2 Å². The molecule has 5 nitrogen and oxygen atoms in total. The van der Waals surface area contributed by atoms with Gasteiger partial charge >= 0.3 is 0 Å². The van der Waals surface area contributed by atoms with E-state index in [0.717, 1.165) is 25.1 Å². The van der Waals surface area contributed by atoms with Gasteiger partial charge in [0, 0.05) is 30.7 Å². The summed E-state index contributed by atoms with van der Waals surface area (Å²) in [6, 6.07) is 16.9. The number of methoxy groups -OCH3 is 2. The quantitative estimate of drug-likeness (QED) is 0.442. The van der Waals surface area contributed by atoms with Crippen LogP contribution in [0.1, 0.15) is 67.8 Å². The Kier molecular flexibility index (Phi) is 8.86. The van der Waals surface area contributed by atoms with Crippen molar-refractivity contribution in [2.75, 3.05) is 33.9 Å². The molecule has 0 bridgehead atoms. The largest absolute Gasteiger partial charge is 0.493 e. The first-order valence-corrected chi connectivity index (χ1v) is 13.1. The number of benzene rings is 2. The highest BCUT2D eigenvalue weighted by molar-refractivity contribution is 5.95. The van der Waals surface area contributed by atoms with Gasteiger partial charge in [0.05, 0.1) is 14.2 Å². The van der Waals surface area contributed by atoms with Crippen LogP contribution in [0.4, 0.5) is 0 Å². The summed E-state index contributed by atoms with van der Waals surface area (Å²) < 4.78 is 10.9. The molecule has 2 fully saturated rings. The van der Waals surface area contributed by atoms with Crippen LogP contribution >= 0.6 is 0 Å². The van der Waals surface area contributed by atoms with E-state index in [1.807, 2.05) is 35.2 Å². The number of rotatable bonds is 9. The summed E-state index contributed by atoms with van der Waals surface area (Å²) in [6.07, 6.45) is 11.2. The highest BCUT2D eigenvalue weighted by Gasteiger charge is 2.33. The summed E-state index contributed by atoms with van der Waals surface area (Å²) in [4.78, 5) is 18.6. The van der Waals surface area contributed by atoms with Crippen molar-refractivity contribution >= 4 is 12.0 Å². The fourth-order valence-electron chi connectivity index (χ4n) is 5.75. The second kappa shape index (κ2) is 12.3. The molecular formula is C30H40N2O3. The molecule has 5 heteroatoms. The van der Waals surface area contributed by atoms with Gasteiger partial charge in [-0.2, -0.15) is 0 Å². The van der Waals surface area contributed by atoms with Crippen molar-refractivity contribution in [1.82, 2.24) is 9.80 Å². The molecule has 2 aromatic rings. The lowest BCUT2D eigenvalue weighted by Crippen LogP contribution is -2.47. The zero-order valence-corrected chi connectivity index (χ0v) is 21.5. The average Bonchev–Trinajstić information content (AvgIpc) is 3.36. The van der Waals surface area contributed by atoms with E-state index in [1.165, 1.54) is 44.1 Å². The fourth-order valence-corrected chi connectivity index (χ4v) is 5.75. The maximum Gasteiger partial charge on any atom is 0.254 e. The normalized spacial score (nSPS) is 19.5. The zero-order chi connectivity index (χ0) is 24.6. The van der Waals surface area contributed by atoms with E-state index >= 15 is 0 Å². The molecule has 1 saturated carbocycles. The summed E-state index contributed by atoms with van der Waals surface area (Å²) in [5.41, 5.74) is 2.97. The van der Waals surface area contributed by atoms with Crippen LogP contribution in [-0.4, -0.2) is 61.6 Å². The SMILES string of the molecule is COc1ccc(C(=O)N(CC(C)=Cc2ccccc2)C[C@@H]2CCCN2C2CCCCC2)cc1OC. The van der Waals surface area contributed by atoms with E-state index in [0.29, 0.717) is 35.7 Å². The third-order valence-corrected chi connectivity index (χ3v) is 7.47. The maximum absolute atomic E-state index is 13.9. The Bertz CT molecular complexity index is 998. The van der Waals surface area contributed by atoms with Crippen LogP contribution < -0.4 is 9.47 Å². The second-order valence-electron chi connectivity index (χ2n) is 9.98. The van der Waals surface area contributed by atoms with E-state index in [4.69, 9.17) is 9.47 Å². The molecule has 2 aliphatic rings. The molecule has 0 N–H and O–H groups in total. The van der Waals surface area contributed by atoms with Crippen LogP contribution in [0.2, 0.25) is 0 Å². The molecule has 0 spiro atoms. The van der Waals surface area contributed by atoms with Crippen LogP contribution in [-0.2, 0) is 0 Å². The highest BCUT2D eigenvalue weighted by Crippen LogP contribution is 2.31. The van der Waals surface area contributed by atoms with Crippen LogP contribution in [0.15, 0.2) is 54.1 Å². The third-order valence-electron chi connectivity index (χ3n) is 7.47. The minimum absolute atomic E-state index is 0.0438. The number of nitrogens with zero attached hydrogens (tertiary/aromatic N) is 2. The Morgan fingerprint density at radius 1 is 0.971 bits per heavy atom. The van der Waals surface area contributed by atoms with Gasteiger partial charge < -0.3 is 14.4 Å². The summed E-state index contributed by atoms with van der Waals surface area (Å²) >= 11 is 0. The molecule has 188 valence electrons. The van der Waals surface area contributed by atoms with Gasteiger partial charge in [-0.25, -0.2) is 0 Å². The van der Waals surface area contributed by atoms with Crippen molar-refractivity contribution < 1.29 is 14.3 Å². The lowest BCUT2D eigenvalue weighted by atomic mass is 9.93. The molecule has 1 amide bonds. The summed E-state index contributed by atoms with van der Waals surface area (Å²) in [7, 11) is 3.22. The van der Waals surface area contributed by atoms with Gasteiger partial charge in [0.15, 0.2) is 11.5 Å². The van der Waals surface area contributed by atoms with Gasteiger partial charge in [-0.05, 0) is 62.9 Å². The van der Waals surface area contributed by atoms with Gasteiger partial charge in [-0.3, -0.25) is 9.69 Å². The van der Waals surface area contributed by atoms with Gasteiger partial charge in [-0.15, -0.1) is 0 Å². The first kappa shape index (κ1) is 25.3. The smallest absolute Gasteiger partial charge is 0.254 e. The molecule has 1 aliphatic heterocycles. The molecule has 1 aliphatic carbocycles. The number of ether oxygens (including phenoxy) is 2. The van der Waals surface area contributed by atoms with Gasteiger partial charge in [0.1, 0.15) is 0 Å². The van der Waals surface area contributed by atoms with Crippen molar-refractivity contribution in [3.05, 3.63) is 65.2 Å². The Balaban J connectivity index is 1.57. The highest BCUT2D eigenvalue weighted by atomic mass is 16.5. The van der Waals surface area contributed by atoms with E-state index < -0.39 is 0 Å². The average molecular weight is 477 g/mol. The molecule has 0 aromatic heterocycles. The topological polar surface area (TPSA) is 42.0 Å². The first-order valence-electron chi connectivity index (χ1n) is 13.1. The molecule has 0 radical (unpaired) electrons. The fraction of sp³-hybridized carbons (Fsp3) is 0.500. The van der Waals surface area contributed by atoms with Crippen LogP contribution in [0.3, 0.4) is 0 Å². The van der Waals surface area contributed by atoms with Crippen molar-refractivity contribution in [1.29, 1.82) is 0 Å². The number of likely N-dealkylation sites (tertiary alicyclic amines) is 1. The molecule has 1 saturated heterocycles. The number of hydrogen-bond acceptors (Lipinski definition) is 4. The summed E-state index contributed by atoms with van der Waals surface area (Å²) in [5, 5.41) is 0. The monoisotopic (exact) mass is 476 g/mol. The number of amides is 1. The molecule has 4 rings (SSSR count). The lowest BCUT2D eigenvalue weighted by molar-refractivity contribution is 0.0671. The zero-order valence-electron chi connectivity index (χ0n) is 21.5. The second-order valence-corrected chi connectivity index (χ2v) is 9.98. The molecule has 35 heavy (non-hydrogen) atoms. The third kappa shape index (κ3) is 6.46. The number of carbonyl (C=O) groups excluding carboxylic acids is 1. The van der Waals surface area contributed by atoms with E-state index in [1.54, 1.807) is 20.3 Å². The van der Waals surface area contributed by atoms with E-state index in [-0.39, 0.29) is 5.91 Å². The van der Waals surface area contributed by atoms with Crippen LogP contribution in [0.5, 0.6) is 11.5 Å². The Morgan fingerprint density at radius 2 is 1.71 bits per heavy atom. The van der Waals surface area contributed by atoms with E-state index in [9.17, 15) is 4.79 Å². The Morgan fingerprint density at radius 3 is 2.43 bits per heavy atom. The standard InChI is InChI=1S/C30H40N2O3/c1-23(19-24-11-6-4-7-12-24)21-31(30(33)25-16-17-28(34-2)29(20-25)35-3)22-27-15-10-18-32(27)26-13-8-5-9-14-26/h4,6-7,11-12,16-17,19-20,26-27H,5,8-10,13-15,18,21-22H2,1-3H3/t27-/m0/s1. The summed E-state index contributed by atoms with van der Waals surface area (Å²) in [6.45, 7) is 4.64. The molecule has 1 heterocycles. The lowest BCUT2D eigenvalue weighted by Gasteiger charge is -2.38. The van der Waals surface area contributed by atoms with Gasteiger partial charge in [0.25, 0.3) is 5.91 Å². The Labute approximate surface area is 210 Å². The maximum atomic E-state index is 13.9. The van der Waals surface area contributed by atoms with E-state index in [2.05, 4.69) is 30.0 Å². The minimum atomic E-state index is 0.0438. The summed E-state index contributed by atoms with van der Waals surface area (Å²) in [5.74, 6) is 1.26. The predicted octanol–water partition coefficient (Wildman–Crippen LogP) is 6.05. The first-order chi connectivity index (χ1) is 17.1. The van der Waals surface area contributed by atoms with Crippen molar-refractivity contribution in [2.24, 2.45) is 0 Å². The van der Waals surface area contributed by atoms with Crippen molar-refractivity contribution in [3.8, 4) is 11.5 Å². The minimum Gasteiger partial charge on any atom is -0.493 e. The molecule has 0 unspecified atom stereocenters. The molecule has 1 atom stereocenters. The van der Waals surface area contributed by atoms with Crippen molar-refractivity contribution in [3.63, 3.8) is 0 Å². The van der Waals surface area contributed by atoms with Gasteiger partial charge in [0.2, 0.25) is 0 Å². The molecule has 2 aromatic carbocycles. The predicted molar refractivity (Wildman–Crippen MR) is 142 cm³/mol. The Hall–Kier alpha value is -2.79. The van der Waals surface area contributed by atoms with Crippen LogP contribution in [0.25, 0.3) is 6.08 Å².